The quantitative estimate of drug-likeness (QED) is 0.913. The zero-order valence-corrected chi connectivity index (χ0v) is 12.1. The fraction of sp³-hybridized carbons (Fsp3) is 0.143. The minimum atomic E-state index is -1.36. The van der Waals surface area contributed by atoms with Crippen LogP contribution in [0.1, 0.15) is 17.4 Å². The summed E-state index contributed by atoms with van der Waals surface area (Å²) in [7, 11) is 0. The van der Waals surface area contributed by atoms with Crippen LogP contribution in [0.2, 0.25) is 10.0 Å². The van der Waals surface area contributed by atoms with Gasteiger partial charge in [0.1, 0.15) is 0 Å². The van der Waals surface area contributed by atoms with Gasteiger partial charge in [-0.25, -0.2) is 0 Å². The summed E-state index contributed by atoms with van der Waals surface area (Å²) in [5.74, 6) is -0.570. The Kier molecular flexibility index (Phi) is 4.60. The molecule has 1 atom stereocenters. The van der Waals surface area contributed by atoms with E-state index in [9.17, 15) is 9.90 Å². The summed E-state index contributed by atoms with van der Waals surface area (Å²) in [5.41, 5.74) is 1.54. The molecule has 0 spiro atoms. The smallest absolute Gasteiger partial charge is 0.257 e. The first-order valence-electron chi connectivity index (χ1n) is 5.84. The third-order valence-electron chi connectivity index (χ3n) is 2.71. The van der Waals surface area contributed by atoms with Gasteiger partial charge in [0, 0.05) is 16.2 Å². The highest BCUT2D eigenvalue weighted by molar-refractivity contribution is 6.34. The Balaban J connectivity index is 2.18. The van der Waals surface area contributed by atoms with Crippen molar-refractivity contribution in [3.05, 3.63) is 57.8 Å². The van der Waals surface area contributed by atoms with E-state index in [1.54, 1.807) is 25.3 Å². The van der Waals surface area contributed by atoms with Gasteiger partial charge < -0.3 is 10.4 Å². The molecule has 4 nitrogen and oxygen atoms in total. The van der Waals surface area contributed by atoms with Gasteiger partial charge in [0.2, 0.25) is 0 Å². The highest BCUT2D eigenvalue weighted by Gasteiger charge is 2.19. The molecule has 0 aliphatic carbocycles. The Hall–Kier alpha value is -1.62. The Morgan fingerprint density at radius 2 is 1.95 bits per heavy atom. The van der Waals surface area contributed by atoms with Gasteiger partial charge in [-0.05, 0) is 42.8 Å². The van der Waals surface area contributed by atoms with Crippen LogP contribution < -0.4 is 5.32 Å². The van der Waals surface area contributed by atoms with E-state index in [1.807, 2.05) is 0 Å². The Bertz CT molecular complexity index is 627. The predicted octanol–water partition coefficient (Wildman–Crippen LogP) is 3.37. The molecule has 6 heteroatoms. The van der Waals surface area contributed by atoms with Crippen LogP contribution in [-0.4, -0.2) is 16.0 Å². The van der Waals surface area contributed by atoms with Crippen LogP contribution in [0.5, 0.6) is 0 Å². The number of hydrogen-bond donors (Lipinski definition) is 2. The summed E-state index contributed by atoms with van der Waals surface area (Å²) in [5, 5.41) is 13.4. The number of benzene rings is 1. The fourth-order valence-corrected chi connectivity index (χ4v) is 2.24. The third kappa shape index (κ3) is 3.48. The Morgan fingerprint density at radius 1 is 1.30 bits per heavy atom. The number of halogens is 2. The molecule has 0 saturated carbocycles. The summed E-state index contributed by atoms with van der Waals surface area (Å²) < 4.78 is 0. The van der Waals surface area contributed by atoms with E-state index in [4.69, 9.17) is 23.2 Å². The van der Waals surface area contributed by atoms with Gasteiger partial charge in [0.05, 0.1) is 11.4 Å². The largest absolute Gasteiger partial charge is 0.378 e. The monoisotopic (exact) mass is 310 g/mol. The third-order valence-corrected chi connectivity index (χ3v) is 3.15. The van der Waals surface area contributed by atoms with Crippen molar-refractivity contribution in [1.29, 1.82) is 0 Å². The van der Waals surface area contributed by atoms with Gasteiger partial charge in [-0.3, -0.25) is 9.78 Å². The molecule has 20 heavy (non-hydrogen) atoms. The fourth-order valence-electron chi connectivity index (χ4n) is 1.70. The van der Waals surface area contributed by atoms with E-state index in [0.717, 1.165) is 0 Å². The number of nitrogens with zero attached hydrogens (tertiary/aromatic N) is 1. The van der Waals surface area contributed by atoms with Gasteiger partial charge in [-0.1, -0.05) is 23.2 Å². The molecule has 0 aliphatic heterocycles. The molecule has 104 valence electrons. The number of carbonyl (C=O) groups excluding carboxylic acids is 1. The van der Waals surface area contributed by atoms with E-state index in [-0.39, 0.29) is 0 Å². The maximum absolute atomic E-state index is 12.0. The zero-order valence-electron chi connectivity index (χ0n) is 10.6. The van der Waals surface area contributed by atoms with E-state index < -0.39 is 12.0 Å². The lowest BCUT2D eigenvalue weighted by Crippen LogP contribution is -2.21. The zero-order chi connectivity index (χ0) is 14.7. The molecule has 2 aromatic rings. The molecule has 1 aromatic heterocycles. The average Bonchev–Trinajstić information content (AvgIpc) is 2.39. The number of pyridine rings is 1. The van der Waals surface area contributed by atoms with Crippen LogP contribution in [0, 0.1) is 6.92 Å². The Labute approximate surface area is 126 Å². The molecule has 0 saturated heterocycles. The summed E-state index contributed by atoms with van der Waals surface area (Å²) >= 11 is 11.7. The van der Waals surface area contributed by atoms with Crippen molar-refractivity contribution in [2.75, 3.05) is 5.32 Å². The molecule has 1 heterocycles. The summed E-state index contributed by atoms with van der Waals surface area (Å²) in [6.45, 7) is 1.76. The minimum absolute atomic E-state index is 0.335. The van der Waals surface area contributed by atoms with Crippen molar-refractivity contribution in [3.63, 3.8) is 0 Å². The van der Waals surface area contributed by atoms with Crippen molar-refractivity contribution >= 4 is 34.8 Å². The first kappa shape index (κ1) is 14.8. The van der Waals surface area contributed by atoms with Gasteiger partial charge in [-0.15, -0.1) is 0 Å². The van der Waals surface area contributed by atoms with Crippen LogP contribution >= 0.6 is 23.2 Å². The number of rotatable bonds is 3. The molecular formula is C14H12Cl2N2O2. The lowest BCUT2D eigenvalue weighted by Gasteiger charge is -2.13. The highest BCUT2D eigenvalue weighted by Crippen LogP contribution is 2.24. The van der Waals surface area contributed by atoms with Crippen molar-refractivity contribution in [2.24, 2.45) is 0 Å². The number of nitrogens with one attached hydrogen (secondary N) is 1. The minimum Gasteiger partial charge on any atom is -0.378 e. The normalized spacial score (nSPS) is 12.0. The van der Waals surface area contributed by atoms with Gasteiger partial charge in [0.15, 0.2) is 6.10 Å². The number of anilines is 1. The van der Waals surface area contributed by atoms with Crippen LogP contribution in [0.25, 0.3) is 0 Å². The first-order chi connectivity index (χ1) is 9.47. The molecule has 0 bridgehead atoms. The molecule has 2 N–H and O–H groups in total. The van der Waals surface area contributed by atoms with E-state index >= 15 is 0 Å². The molecule has 0 aliphatic rings. The van der Waals surface area contributed by atoms with E-state index in [2.05, 4.69) is 10.3 Å². The van der Waals surface area contributed by atoms with Crippen LogP contribution in [-0.2, 0) is 4.79 Å². The highest BCUT2D eigenvalue weighted by atomic mass is 35.5. The lowest BCUT2D eigenvalue weighted by molar-refractivity contribution is -0.124. The van der Waals surface area contributed by atoms with E-state index in [1.165, 1.54) is 18.2 Å². The van der Waals surface area contributed by atoms with Crippen molar-refractivity contribution in [1.82, 2.24) is 4.98 Å². The number of aliphatic hydroxyl groups is 1. The standard InChI is InChI=1S/C14H12Cl2N2O2/c1-8-12(3-2-4-17-8)18-14(20)13(19)9-5-10(15)7-11(16)6-9/h2-7,13,19H,1H3,(H,18,20). The second-order valence-electron chi connectivity index (χ2n) is 4.23. The number of amides is 1. The van der Waals surface area contributed by atoms with Crippen molar-refractivity contribution < 1.29 is 9.90 Å². The molecule has 0 fully saturated rings. The number of aromatic nitrogens is 1. The predicted molar refractivity (Wildman–Crippen MR) is 79.0 cm³/mol. The molecule has 2 rings (SSSR count). The maximum atomic E-state index is 12.0. The van der Waals surface area contributed by atoms with Crippen LogP contribution in [0.15, 0.2) is 36.5 Å². The molecule has 1 amide bonds. The molecule has 1 unspecified atom stereocenters. The molecular weight excluding hydrogens is 299 g/mol. The number of aliphatic hydroxyl groups excluding tert-OH is 1. The van der Waals surface area contributed by atoms with Crippen molar-refractivity contribution in [3.8, 4) is 0 Å². The number of carbonyl (C=O) groups is 1. The average molecular weight is 311 g/mol. The van der Waals surface area contributed by atoms with Crippen molar-refractivity contribution in [2.45, 2.75) is 13.0 Å². The van der Waals surface area contributed by atoms with Gasteiger partial charge >= 0.3 is 0 Å². The second kappa shape index (κ2) is 6.22. The second-order valence-corrected chi connectivity index (χ2v) is 5.10. The SMILES string of the molecule is Cc1ncccc1NC(=O)C(O)c1cc(Cl)cc(Cl)c1. The lowest BCUT2D eigenvalue weighted by atomic mass is 10.1. The first-order valence-corrected chi connectivity index (χ1v) is 6.59. The Morgan fingerprint density at radius 3 is 2.55 bits per heavy atom. The number of aryl methyl sites for hydroxylation is 1. The summed E-state index contributed by atoms with van der Waals surface area (Å²) in [6.07, 6.45) is 0.267. The number of hydrogen-bond acceptors (Lipinski definition) is 3. The molecule has 0 radical (unpaired) electrons. The topological polar surface area (TPSA) is 62.2 Å². The van der Waals surface area contributed by atoms with E-state index in [0.29, 0.717) is 27.0 Å². The summed E-state index contributed by atoms with van der Waals surface area (Å²) in [6, 6.07) is 7.92. The van der Waals surface area contributed by atoms with Crippen LogP contribution in [0.4, 0.5) is 5.69 Å². The van der Waals surface area contributed by atoms with Gasteiger partial charge in [-0.2, -0.15) is 0 Å². The molecule has 1 aromatic carbocycles. The van der Waals surface area contributed by atoms with Gasteiger partial charge in [0.25, 0.3) is 5.91 Å². The maximum Gasteiger partial charge on any atom is 0.257 e. The summed E-state index contributed by atoms with van der Waals surface area (Å²) in [4.78, 5) is 16.1. The van der Waals surface area contributed by atoms with Crippen LogP contribution in [0.3, 0.4) is 0 Å².